The first-order chi connectivity index (χ1) is 14.5. The molecule has 0 spiro atoms. The van der Waals surface area contributed by atoms with E-state index in [2.05, 4.69) is 20.5 Å². The second-order valence-electron chi connectivity index (χ2n) is 6.81. The van der Waals surface area contributed by atoms with Crippen LogP contribution >= 0.6 is 11.6 Å². The number of carbonyl (C=O) groups is 1. The smallest absolute Gasteiger partial charge is 0.232 e. The summed E-state index contributed by atoms with van der Waals surface area (Å²) in [4.78, 5) is 16.9. The highest BCUT2D eigenvalue weighted by atomic mass is 35.5. The molecule has 2 aromatic carbocycles. The van der Waals surface area contributed by atoms with Gasteiger partial charge >= 0.3 is 0 Å². The third-order valence-electron chi connectivity index (χ3n) is 4.88. The summed E-state index contributed by atoms with van der Waals surface area (Å²) >= 11 is 5.97. The lowest BCUT2D eigenvalue weighted by Gasteiger charge is -2.13. The van der Waals surface area contributed by atoms with E-state index in [9.17, 15) is 9.18 Å². The average molecular weight is 421 g/mol. The van der Waals surface area contributed by atoms with Crippen LogP contribution in [0.4, 0.5) is 10.2 Å². The lowest BCUT2D eigenvalue weighted by molar-refractivity contribution is -0.117. The third-order valence-corrected chi connectivity index (χ3v) is 5.17. The zero-order valence-corrected chi connectivity index (χ0v) is 16.8. The van der Waals surface area contributed by atoms with E-state index in [-0.39, 0.29) is 16.8 Å². The molecule has 0 aliphatic heterocycles. The van der Waals surface area contributed by atoms with Crippen LogP contribution in [0.2, 0.25) is 5.02 Å². The van der Waals surface area contributed by atoms with Gasteiger partial charge in [0.25, 0.3) is 0 Å². The zero-order chi connectivity index (χ0) is 21.1. The number of rotatable bonds is 5. The Morgan fingerprint density at radius 1 is 1.07 bits per heavy atom. The summed E-state index contributed by atoms with van der Waals surface area (Å²) in [6.07, 6.45) is 3.31. The Labute approximate surface area is 177 Å². The monoisotopic (exact) mass is 420 g/mol. The summed E-state index contributed by atoms with van der Waals surface area (Å²) < 4.78 is 13.6. The van der Waals surface area contributed by atoms with E-state index in [0.29, 0.717) is 22.6 Å². The lowest BCUT2D eigenvalue weighted by Crippen LogP contribution is -2.19. The average Bonchev–Trinajstić information content (AvgIpc) is 3.19. The molecule has 1 atom stereocenters. The first-order valence-electron chi connectivity index (χ1n) is 9.34. The van der Waals surface area contributed by atoms with E-state index in [1.54, 1.807) is 18.5 Å². The van der Waals surface area contributed by atoms with Gasteiger partial charge in [0.1, 0.15) is 5.82 Å². The molecule has 0 aliphatic rings. The molecule has 0 aliphatic carbocycles. The quantitative estimate of drug-likeness (QED) is 0.436. The Morgan fingerprint density at radius 3 is 2.50 bits per heavy atom. The normalized spacial score (nSPS) is 11.8. The molecule has 1 amide bonds. The number of nitrogens with zero attached hydrogens (tertiary/aromatic N) is 2. The topological polar surface area (TPSA) is 70.7 Å². The van der Waals surface area contributed by atoms with E-state index in [1.165, 1.54) is 12.1 Å². The van der Waals surface area contributed by atoms with Gasteiger partial charge in [-0.3, -0.25) is 14.9 Å². The van der Waals surface area contributed by atoms with Crippen LogP contribution in [-0.4, -0.2) is 21.1 Å². The van der Waals surface area contributed by atoms with Crippen molar-refractivity contribution in [3.05, 3.63) is 89.5 Å². The highest BCUT2D eigenvalue weighted by Crippen LogP contribution is 2.37. The molecule has 0 fully saturated rings. The second kappa shape index (κ2) is 8.47. The van der Waals surface area contributed by atoms with Crippen LogP contribution < -0.4 is 5.32 Å². The maximum atomic E-state index is 13.6. The SMILES string of the molecule is CC(C(=O)Nc1n[nH]c(-c2ccc(F)c(Cl)c2)c1-c1ccncc1)c1ccccc1. The predicted octanol–water partition coefficient (Wildman–Crippen LogP) is 5.67. The number of hydrogen-bond acceptors (Lipinski definition) is 3. The summed E-state index contributed by atoms with van der Waals surface area (Å²) in [5.41, 5.74) is 3.65. The fraction of sp³-hybridized carbons (Fsp3) is 0.0870. The van der Waals surface area contributed by atoms with Gasteiger partial charge in [-0.05, 0) is 48.4 Å². The van der Waals surface area contributed by atoms with Gasteiger partial charge in [-0.25, -0.2) is 4.39 Å². The summed E-state index contributed by atoms with van der Waals surface area (Å²) in [5, 5.41) is 10.2. The van der Waals surface area contributed by atoms with Crippen LogP contribution in [0.5, 0.6) is 0 Å². The van der Waals surface area contributed by atoms with Gasteiger partial charge in [0.05, 0.1) is 22.2 Å². The molecular weight excluding hydrogens is 403 g/mol. The highest BCUT2D eigenvalue weighted by Gasteiger charge is 2.22. The fourth-order valence-corrected chi connectivity index (χ4v) is 3.39. The zero-order valence-electron chi connectivity index (χ0n) is 16.1. The van der Waals surface area contributed by atoms with Crippen molar-refractivity contribution in [3.8, 4) is 22.4 Å². The van der Waals surface area contributed by atoms with Crippen LogP contribution in [0.1, 0.15) is 18.4 Å². The molecule has 4 aromatic rings. The van der Waals surface area contributed by atoms with Gasteiger partial charge in [-0.15, -0.1) is 0 Å². The predicted molar refractivity (Wildman–Crippen MR) is 116 cm³/mol. The van der Waals surface area contributed by atoms with Crippen molar-refractivity contribution in [3.63, 3.8) is 0 Å². The van der Waals surface area contributed by atoms with Crippen molar-refractivity contribution in [2.75, 3.05) is 5.32 Å². The fourth-order valence-electron chi connectivity index (χ4n) is 3.21. The molecule has 0 bridgehead atoms. The molecular formula is C23H18ClFN4O. The van der Waals surface area contributed by atoms with E-state index in [4.69, 9.17) is 11.6 Å². The minimum absolute atomic E-state index is 0.00561. The van der Waals surface area contributed by atoms with Gasteiger partial charge in [-0.2, -0.15) is 5.10 Å². The number of H-pyrrole nitrogens is 1. The van der Waals surface area contributed by atoms with Gasteiger partial charge in [0.2, 0.25) is 5.91 Å². The molecule has 2 N–H and O–H groups in total. The Kier molecular flexibility index (Phi) is 5.59. The number of aromatic nitrogens is 3. The number of carbonyl (C=O) groups excluding carboxylic acids is 1. The number of benzene rings is 2. The van der Waals surface area contributed by atoms with E-state index >= 15 is 0 Å². The summed E-state index contributed by atoms with van der Waals surface area (Å²) in [5.74, 6) is -0.677. The minimum atomic E-state index is -0.504. The number of nitrogens with one attached hydrogen (secondary N) is 2. The molecule has 2 aromatic heterocycles. The Hall–Kier alpha value is -3.51. The van der Waals surface area contributed by atoms with Gasteiger partial charge in [-0.1, -0.05) is 41.9 Å². The molecule has 4 rings (SSSR count). The Balaban J connectivity index is 1.74. The van der Waals surface area contributed by atoms with Crippen molar-refractivity contribution >= 4 is 23.3 Å². The number of hydrogen-bond donors (Lipinski definition) is 2. The van der Waals surface area contributed by atoms with Crippen molar-refractivity contribution in [2.24, 2.45) is 0 Å². The van der Waals surface area contributed by atoms with Crippen LogP contribution in [0, 0.1) is 5.82 Å². The van der Waals surface area contributed by atoms with Crippen molar-refractivity contribution in [1.82, 2.24) is 15.2 Å². The minimum Gasteiger partial charge on any atom is -0.308 e. The molecule has 1 unspecified atom stereocenters. The van der Waals surface area contributed by atoms with Crippen LogP contribution in [0.15, 0.2) is 73.1 Å². The van der Waals surface area contributed by atoms with Gasteiger partial charge < -0.3 is 5.32 Å². The molecule has 7 heteroatoms. The van der Waals surface area contributed by atoms with Crippen LogP contribution in [0.3, 0.4) is 0 Å². The Morgan fingerprint density at radius 2 is 1.80 bits per heavy atom. The van der Waals surface area contributed by atoms with Gasteiger partial charge in [0, 0.05) is 18.0 Å². The second-order valence-corrected chi connectivity index (χ2v) is 7.22. The summed E-state index contributed by atoms with van der Waals surface area (Å²) in [6, 6.07) is 17.6. The van der Waals surface area contributed by atoms with Crippen molar-refractivity contribution in [2.45, 2.75) is 12.8 Å². The van der Waals surface area contributed by atoms with Crippen LogP contribution in [0.25, 0.3) is 22.4 Å². The van der Waals surface area contributed by atoms with Crippen molar-refractivity contribution < 1.29 is 9.18 Å². The van der Waals surface area contributed by atoms with E-state index in [0.717, 1.165) is 11.1 Å². The third kappa shape index (κ3) is 3.95. The largest absolute Gasteiger partial charge is 0.308 e. The Bertz CT molecular complexity index is 1180. The molecule has 5 nitrogen and oxygen atoms in total. The van der Waals surface area contributed by atoms with Crippen LogP contribution in [-0.2, 0) is 4.79 Å². The lowest BCUT2D eigenvalue weighted by atomic mass is 9.99. The number of anilines is 1. The molecule has 0 saturated heterocycles. The first-order valence-corrected chi connectivity index (χ1v) is 9.72. The maximum absolute atomic E-state index is 13.6. The number of amides is 1. The van der Waals surface area contributed by atoms with Crippen molar-refractivity contribution in [1.29, 1.82) is 0 Å². The first kappa shape index (κ1) is 19.8. The summed E-state index contributed by atoms with van der Waals surface area (Å²) in [7, 11) is 0. The van der Waals surface area contributed by atoms with Gasteiger partial charge in [0.15, 0.2) is 5.82 Å². The molecule has 30 heavy (non-hydrogen) atoms. The molecule has 2 heterocycles. The number of aromatic amines is 1. The standard InChI is InChI=1S/C23H18ClFN4O/c1-14(15-5-3-2-4-6-15)23(30)27-22-20(16-9-11-26-12-10-16)21(28-29-22)17-7-8-19(25)18(24)13-17/h2-14H,1H3,(H2,27,28,29,30). The number of pyridine rings is 1. The molecule has 0 radical (unpaired) electrons. The molecule has 150 valence electrons. The summed E-state index contributed by atoms with van der Waals surface area (Å²) in [6.45, 7) is 1.84. The maximum Gasteiger partial charge on any atom is 0.232 e. The molecule has 0 saturated carbocycles. The number of halogens is 2. The highest BCUT2D eigenvalue weighted by molar-refractivity contribution is 6.31. The van der Waals surface area contributed by atoms with E-state index < -0.39 is 5.82 Å². The van der Waals surface area contributed by atoms with E-state index in [1.807, 2.05) is 49.4 Å².